The molecule has 1 atom stereocenters. The second kappa shape index (κ2) is 3.96. The minimum absolute atomic E-state index is 0.267. The third-order valence-electron chi connectivity index (χ3n) is 3.13. The first-order valence-corrected chi connectivity index (χ1v) is 5.53. The Balaban J connectivity index is 2.00. The van der Waals surface area contributed by atoms with Crippen molar-refractivity contribution in [2.75, 3.05) is 27.1 Å². The van der Waals surface area contributed by atoms with Gasteiger partial charge in [-0.05, 0) is 36.2 Å². The molecule has 1 N–H and O–H groups in total. The highest BCUT2D eigenvalue weighted by molar-refractivity contribution is 5.50. The number of hydrogen-bond acceptors (Lipinski definition) is 4. The monoisotopic (exact) mass is 221 g/mol. The fourth-order valence-corrected chi connectivity index (χ4v) is 2.35. The summed E-state index contributed by atoms with van der Waals surface area (Å²) in [5, 5.41) is 3.45. The zero-order valence-electron chi connectivity index (χ0n) is 9.29. The van der Waals surface area contributed by atoms with Crippen LogP contribution in [0, 0.1) is 0 Å². The molecule has 2 aliphatic heterocycles. The Morgan fingerprint density at radius 2 is 2.19 bits per heavy atom. The molecule has 0 aromatic heterocycles. The highest BCUT2D eigenvalue weighted by Gasteiger charge is 2.24. The molecule has 0 amide bonds. The Labute approximate surface area is 94.5 Å². The molecule has 0 spiro atoms. The smallest absolute Gasteiger partial charge is 0.231 e. The molecule has 16 heavy (non-hydrogen) atoms. The van der Waals surface area contributed by atoms with E-state index in [1.54, 1.807) is 7.11 Å². The Morgan fingerprint density at radius 3 is 3.00 bits per heavy atom. The summed E-state index contributed by atoms with van der Waals surface area (Å²) in [5.74, 6) is 1.72. The Hall–Kier alpha value is -1.26. The number of nitrogens with one attached hydrogen (secondary N) is 1. The fourth-order valence-electron chi connectivity index (χ4n) is 2.35. The lowest BCUT2D eigenvalue weighted by molar-refractivity contribution is 0.164. The summed E-state index contributed by atoms with van der Waals surface area (Å²) in [5.41, 5.74) is 2.61. The highest BCUT2D eigenvalue weighted by Crippen LogP contribution is 2.38. The summed E-state index contributed by atoms with van der Waals surface area (Å²) in [7, 11) is 1.73. The topological polar surface area (TPSA) is 39.7 Å². The van der Waals surface area contributed by atoms with E-state index in [2.05, 4.69) is 17.4 Å². The lowest BCUT2D eigenvalue weighted by Gasteiger charge is -2.26. The van der Waals surface area contributed by atoms with Gasteiger partial charge in [0.05, 0.1) is 12.6 Å². The molecule has 4 nitrogen and oxygen atoms in total. The molecule has 4 heteroatoms. The van der Waals surface area contributed by atoms with Crippen LogP contribution in [0.3, 0.4) is 0 Å². The number of fused-ring (bicyclic) bond motifs is 2. The van der Waals surface area contributed by atoms with Crippen molar-refractivity contribution in [1.29, 1.82) is 0 Å². The molecule has 0 bridgehead atoms. The third kappa shape index (κ3) is 1.54. The molecule has 3 rings (SSSR count). The molecule has 2 heterocycles. The Kier molecular flexibility index (Phi) is 2.46. The van der Waals surface area contributed by atoms with Gasteiger partial charge in [-0.2, -0.15) is 0 Å². The third-order valence-corrected chi connectivity index (χ3v) is 3.13. The summed E-state index contributed by atoms with van der Waals surface area (Å²) in [6, 6.07) is 4.44. The molecule has 1 aromatic rings. The van der Waals surface area contributed by atoms with Crippen LogP contribution in [-0.4, -0.2) is 27.1 Å². The van der Waals surface area contributed by atoms with Gasteiger partial charge in [0.25, 0.3) is 0 Å². The van der Waals surface area contributed by atoms with Gasteiger partial charge in [0, 0.05) is 7.11 Å². The number of methoxy groups -OCH3 is 1. The van der Waals surface area contributed by atoms with Crippen molar-refractivity contribution in [3.63, 3.8) is 0 Å². The van der Waals surface area contributed by atoms with Crippen molar-refractivity contribution in [2.45, 2.75) is 12.5 Å². The molecule has 1 aromatic carbocycles. The molecule has 2 aliphatic rings. The summed E-state index contributed by atoms with van der Waals surface area (Å²) in [6.07, 6.45) is 1.03. The van der Waals surface area contributed by atoms with Crippen LogP contribution in [0.1, 0.15) is 17.2 Å². The van der Waals surface area contributed by atoms with Gasteiger partial charge in [-0.1, -0.05) is 0 Å². The van der Waals surface area contributed by atoms with Crippen molar-refractivity contribution in [2.24, 2.45) is 0 Å². The first-order valence-electron chi connectivity index (χ1n) is 5.53. The SMILES string of the molecule is COCC1NCCc2cc3c(cc21)OCO3. The number of benzene rings is 1. The predicted molar refractivity (Wildman–Crippen MR) is 58.9 cm³/mol. The van der Waals surface area contributed by atoms with E-state index in [4.69, 9.17) is 14.2 Å². The lowest BCUT2D eigenvalue weighted by atomic mass is 9.94. The summed E-state index contributed by atoms with van der Waals surface area (Å²) in [6.45, 7) is 2.01. The van der Waals surface area contributed by atoms with E-state index in [-0.39, 0.29) is 6.04 Å². The maximum atomic E-state index is 5.40. The van der Waals surface area contributed by atoms with Gasteiger partial charge in [0.15, 0.2) is 11.5 Å². The van der Waals surface area contributed by atoms with Crippen LogP contribution < -0.4 is 14.8 Å². The van der Waals surface area contributed by atoms with Gasteiger partial charge in [-0.15, -0.1) is 0 Å². The van der Waals surface area contributed by atoms with Gasteiger partial charge in [0.1, 0.15) is 0 Å². The van der Waals surface area contributed by atoms with Gasteiger partial charge < -0.3 is 19.5 Å². The molecule has 0 saturated heterocycles. The minimum atomic E-state index is 0.267. The first-order chi connectivity index (χ1) is 7.88. The average molecular weight is 221 g/mol. The fraction of sp³-hybridized carbons (Fsp3) is 0.500. The molecule has 0 fully saturated rings. The zero-order chi connectivity index (χ0) is 11.0. The van der Waals surface area contributed by atoms with Crippen LogP contribution in [0.4, 0.5) is 0 Å². The van der Waals surface area contributed by atoms with Crippen molar-refractivity contribution in [3.8, 4) is 11.5 Å². The summed E-state index contributed by atoms with van der Waals surface area (Å²) >= 11 is 0. The maximum Gasteiger partial charge on any atom is 0.231 e. The van der Waals surface area contributed by atoms with E-state index in [1.165, 1.54) is 11.1 Å². The first kappa shape index (κ1) is 9.93. The van der Waals surface area contributed by atoms with E-state index >= 15 is 0 Å². The number of rotatable bonds is 2. The van der Waals surface area contributed by atoms with Crippen LogP contribution >= 0.6 is 0 Å². The van der Waals surface area contributed by atoms with E-state index in [0.717, 1.165) is 24.5 Å². The quantitative estimate of drug-likeness (QED) is 0.816. The van der Waals surface area contributed by atoms with E-state index in [0.29, 0.717) is 13.4 Å². The van der Waals surface area contributed by atoms with E-state index in [9.17, 15) is 0 Å². The second-order valence-corrected chi connectivity index (χ2v) is 4.12. The standard InChI is InChI=1S/C12H15NO3/c1-14-6-10-9-5-12-11(15-7-16-12)4-8(9)2-3-13-10/h4-5,10,13H,2-3,6-7H2,1H3. The van der Waals surface area contributed by atoms with Gasteiger partial charge in [0.2, 0.25) is 6.79 Å². The van der Waals surface area contributed by atoms with Gasteiger partial charge >= 0.3 is 0 Å². The largest absolute Gasteiger partial charge is 0.454 e. The normalized spacial score (nSPS) is 21.9. The molecule has 1 unspecified atom stereocenters. The molecule has 0 saturated carbocycles. The van der Waals surface area contributed by atoms with Gasteiger partial charge in [-0.25, -0.2) is 0 Å². The Morgan fingerprint density at radius 1 is 1.38 bits per heavy atom. The van der Waals surface area contributed by atoms with Crippen LogP contribution in [0.2, 0.25) is 0 Å². The summed E-state index contributed by atoms with van der Waals surface area (Å²) in [4.78, 5) is 0. The minimum Gasteiger partial charge on any atom is -0.454 e. The lowest BCUT2D eigenvalue weighted by Crippen LogP contribution is -2.32. The van der Waals surface area contributed by atoms with Crippen molar-refractivity contribution in [3.05, 3.63) is 23.3 Å². The van der Waals surface area contributed by atoms with Crippen LogP contribution in [0.5, 0.6) is 11.5 Å². The second-order valence-electron chi connectivity index (χ2n) is 4.12. The van der Waals surface area contributed by atoms with Crippen LogP contribution in [0.25, 0.3) is 0 Å². The molecule has 0 aliphatic carbocycles. The predicted octanol–water partition coefficient (Wildman–Crippen LogP) is 1.25. The molecule has 0 radical (unpaired) electrons. The zero-order valence-corrected chi connectivity index (χ0v) is 9.29. The molecule has 86 valence electrons. The van der Waals surface area contributed by atoms with Crippen LogP contribution in [0.15, 0.2) is 12.1 Å². The van der Waals surface area contributed by atoms with Crippen molar-refractivity contribution < 1.29 is 14.2 Å². The number of hydrogen-bond donors (Lipinski definition) is 1. The van der Waals surface area contributed by atoms with Crippen molar-refractivity contribution >= 4 is 0 Å². The highest BCUT2D eigenvalue weighted by atomic mass is 16.7. The number of ether oxygens (including phenoxy) is 3. The Bertz CT molecular complexity index is 405. The summed E-state index contributed by atoms with van der Waals surface area (Å²) < 4.78 is 16.0. The average Bonchev–Trinajstić information content (AvgIpc) is 2.74. The van der Waals surface area contributed by atoms with E-state index in [1.807, 2.05) is 0 Å². The van der Waals surface area contributed by atoms with E-state index < -0.39 is 0 Å². The molecular formula is C12H15NO3. The van der Waals surface area contributed by atoms with Crippen molar-refractivity contribution in [1.82, 2.24) is 5.32 Å². The van der Waals surface area contributed by atoms with Gasteiger partial charge in [-0.3, -0.25) is 0 Å². The molecular weight excluding hydrogens is 206 g/mol. The maximum absolute atomic E-state index is 5.40. The van der Waals surface area contributed by atoms with Crippen LogP contribution in [-0.2, 0) is 11.2 Å².